The summed E-state index contributed by atoms with van der Waals surface area (Å²) in [5.41, 5.74) is 0. The van der Waals surface area contributed by atoms with Crippen molar-refractivity contribution < 1.29 is 25.2 Å². The van der Waals surface area contributed by atoms with E-state index in [1.54, 1.807) is 0 Å². The van der Waals surface area contributed by atoms with E-state index in [2.05, 4.69) is 0 Å². The van der Waals surface area contributed by atoms with Crippen molar-refractivity contribution in [3.05, 3.63) is 0 Å². The summed E-state index contributed by atoms with van der Waals surface area (Å²) in [6.07, 6.45) is -4.11. The number of rotatable bonds is 1. The van der Waals surface area contributed by atoms with E-state index in [0.717, 1.165) is 0 Å². The van der Waals surface area contributed by atoms with Gasteiger partial charge in [0.25, 0.3) is 0 Å². The van der Waals surface area contributed by atoms with Crippen molar-refractivity contribution in [1.29, 1.82) is 0 Å². The summed E-state index contributed by atoms with van der Waals surface area (Å²) >= 11 is 0. The van der Waals surface area contributed by atoms with Crippen LogP contribution in [0.25, 0.3) is 0 Å². The first kappa shape index (κ1) is 8.89. The van der Waals surface area contributed by atoms with Crippen LogP contribution in [0.2, 0.25) is 0 Å². The van der Waals surface area contributed by atoms with Gasteiger partial charge in [-0.1, -0.05) is 0 Å². The summed E-state index contributed by atoms with van der Waals surface area (Å²) in [6.45, 7) is -0.263. The molecule has 1 fully saturated rings. The van der Waals surface area contributed by atoms with Crippen LogP contribution in [0.3, 0.4) is 0 Å². The van der Waals surface area contributed by atoms with Gasteiger partial charge >= 0.3 is 0 Å². The molecule has 0 bridgehead atoms. The molecule has 1 rings (SSSR count). The maximum atomic E-state index is 9.05. The Morgan fingerprint density at radius 1 is 1.27 bits per heavy atom. The zero-order chi connectivity index (χ0) is 8.43. The molecule has 0 saturated carbocycles. The third-order valence-corrected chi connectivity index (χ3v) is 1.73. The van der Waals surface area contributed by atoms with Crippen molar-refractivity contribution in [2.75, 3.05) is 6.61 Å². The number of ether oxygens (including phenoxy) is 1. The van der Waals surface area contributed by atoms with Crippen LogP contribution in [-0.2, 0) is 4.74 Å². The molecule has 0 radical (unpaired) electrons. The molecule has 3 unspecified atom stereocenters. The molecular weight excluding hydrogens is 152 g/mol. The first-order valence-electron chi connectivity index (χ1n) is 3.45. The van der Waals surface area contributed by atoms with Gasteiger partial charge in [0.1, 0.15) is 6.10 Å². The third kappa shape index (κ3) is 1.88. The Bertz CT molecular complexity index is 116. The highest BCUT2D eigenvalue weighted by atomic mass is 16.6. The molecule has 4 atom stereocenters. The summed E-state index contributed by atoms with van der Waals surface area (Å²) in [5, 5.41) is 35.5. The van der Waals surface area contributed by atoms with Gasteiger partial charge in [0.2, 0.25) is 0 Å². The van der Waals surface area contributed by atoms with Crippen molar-refractivity contribution in [3.63, 3.8) is 0 Å². The second-order valence-corrected chi connectivity index (χ2v) is 2.62. The van der Waals surface area contributed by atoms with Crippen LogP contribution in [0.1, 0.15) is 6.42 Å². The number of hydrogen-bond donors (Lipinski definition) is 4. The molecule has 0 amide bonds. The first-order chi connectivity index (χ1) is 5.15. The van der Waals surface area contributed by atoms with Crippen LogP contribution in [0.15, 0.2) is 0 Å². The quantitative estimate of drug-likeness (QED) is 0.353. The average molecular weight is 164 g/mol. The Balaban J connectivity index is 2.47. The molecule has 1 heterocycles. The van der Waals surface area contributed by atoms with Crippen molar-refractivity contribution in [3.8, 4) is 0 Å². The van der Waals surface area contributed by atoms with E-state index in [-0.39, 0.29) is 13.0 Å². The molecule has 1 saturated heterocycles. The van der Waals surface area contributed by atoms with Crippen LogP contribution in [-0.4, -0.2) is 51.6 Å². The zero-order valence-electron chi connectivity index (χ0n) is 5.92. The lowest BCUT2D eigenvalue weighted by atomic mass is 10.0. The minimum atomic E-state index is -1.39. The summed E-state index contributed by atoms with van der Waals surface area (Å²) in [6, 6.07) is 0. The molecule has 0 aliphatic carbocycles. The van der Waals surface area contributed by atoms with Gasteiger partial charge in [-0.3, -0.25) is 0 Å². The second-order valence-electron chi connectivity index (χ2n) is 2.62. The first-order valence-corrected chi connectivity index (χ1v) is 3.45. The van der Waals surface area contributed by atoms with Gasteiger partial charge in [0.05, 0.1) is 18.8 Å². The summed E-state index contributed by atoms with van der Waals surface area (Å²) in [4.78, 5) is 0. The van der Waals surface area contributed by atoms with Crippen molar-refractivity contribution in [2.45, 2.75) is 31.0 Å². The molecule has 4 N–H and O–H groups in total. The molecule has 0 aromatic carbocycles. The van der Waals surface area contributed by atoms with E-state index in [4.69, 9.17) is 25.2 Å². The molecule has 0 spiro atoms. The molecular formula is C6H12O5. The highest BCUT2D eigenvalue weighted by molar-refractivity contribution is 4.79. The molecule has 5 heteroatoms. The number of aliphatic hydroxyl groups is 4. The average Bonchev–Trinajstić information content (AvgIpc) is 1.99. The van der Waals surface area contributed by atoms with Gasteiger partial charge in [0.15, 0.2) is 6.29 Å². The Morgan fingerprint density at radius 2 is 1.91 bits per heavy atom. The van der Waals surface area contributed by atoms with Crippen molar-refractivity contribution in [1.82, 2.24) is 0 Å². The fourth-order valence-corrected chi connectivity index (χ4v) is 1.05. The Kier molecular flexibility index (Phi) is 2.80. The Labute approximate surface area is 63.8 Å². The number of hydrogen-bond acceptors (Lipinski definition) is 5. The Hall–Kier alpha value is -0.200. The lowest BCUT2D eigenvalue weighted by Crippen LogP contribution is -2.49. The predicted octanol–water partition coefficient (Wildman–Crippen LogP) is -2.19. The van der Waals surface area contributed by atoms with Gasteiger partial charge in [-0.15, -0.1) is 0 Å². The van der Waals surface area contributed by atoms with Crippen LogP contribution in [0.4, 0.5) is 0 Å². The van der Waals surface area contributed by atoms with E-state index in [1.807, 2.05) is 0 Å². The van der Waals surface area contributed by atoms with Crippen molar-refractivity contribution in [2.24, 2.45) is 0 Å². The van der Waals surface area contributed by atoms with E-state index in [9.17, 15) is 0 Å². The van der Waals surface area contributed by atoms with Gasteiger partial charge in [-0.25, -0.2) is 0 Å². The lowest BCUT2D eigenvalue weighted by molar-refractivity contribution is -0.251. The molecule has 1 aliphatic rings. The molecule has 66 valence electrons. The maximum Gasteiger partial charge on any atom is 0.183 e. The van der Waals surface area contributed by atoms with Gasteiger partial charge in [0, 0.05) is 6.42 Å². The topological polar surface area (TPSA) is 90.2 Å². The largest absolute Gasteiger partial charge is 0.394 e. The van der Waals surface area contributed by atoms with E-state index in [1.165, 1.54) is 0 Å². The fraction of sp³-hybridized carbons (Fsp3) is 1.00. The van der Waals surface area contributed by atoms with E-state index < -0.39 is 24.6 Å². The highest BCUT2D eigenvalue weighted by Crippen LogP contribution is 2.17. The number of aliphatic hydroxyl groups excluding tert-OH is 4. The minimum Gasteiger partial charge on any atom is -0.394 e. The monoisotopic (exact) mass is 164 g/mol. The normalized spacial score (nSPS) is 45.8. The second kappa shape index (κ2) is 3.46. The van der Waals surface area contributed by atoms with Crippen LogP contribution in [0, 0.1) is 0 Å². The lowest BCUT2D eigenvalue weighted by Gasteiger charge is -2.33. The summed E-state index contributed by atoms with van der Waals surface area (Å²) in [5.74, 6) is 0. The van der Waals surface area contributed by atoms with Crippen molar-refractivity contribution >= 4 is 0 Å². The molecule has 0 aromatic heterocycles. The summed E-state index contributed by atoms with van der Waals surface area (Å²) in [7, 11) is 0. The zero-order valence-corrected chi connectivity index (χ0v) is 5.92. The van der Waals surface area contributed by atoms with Gasteiger partial charge < -0.3 is 25.2 Å². The predicted molar refractivity (Wildman–Crippen MR) is 34.6 cm³/mol. The molecule has 1 aliphatic heterocycles. The maximum absolute atomic E-state index is 9.05. The van der Waals surface area contributed by atoms with Gasteiger partial charge in [-0.2, -0.15) is 0 Å². The highest BCUT2D eigenvalue weighted by Gasteiger charge is 2.34. The van der Waals surface area contributed by atoms with Crippen LogP contribution < -0.4 is 0 Å². The Morgan fingerprint density at radius 3 is 2.36 bits per heavy atom. The van der Waals surface area contributed by atoms with Crippen LogP contribution >= 0.6 is 0 Å². The van der Waals surface area contributed by atoms with E-state index >= 15 is 0 Å². The SMILES string of the molecule is OC[C@@H]1CC(O)C(O)C(O)O1. The summed E-state index contributed by atoms with van der Waals surface area (Å²) < 4.78 is 4.71. The van der Waals surface area contributed by atoms with E-state index in [0.29, 0.717) is 0 Å². The third-order valence-electron chi connectivity index (χ3n) is 1.73. The fourth-order valence-electron chi connectivity index (χ4n) is 1.05. The minimum absolute atomic E-state index is 0.148. The van der Waals surface area contributed by atoms with Crippen LogP contribution in [0.5, 0.6) is 0 Å². The molecule has 0 aromatic rings. The molecule has 5 nitrogen and oxygen atoms in total. The standard InChI is InChI=1S/C6H12O5/c7-2-3-1-4(8)5(9)6(10)11-3/h3-10H,1-2H2/t3-,4?,5?,6?/m0/s1. The van der Waals surface area contributed by atoms with Gasteiger partial charge in [-0.05, 0) is 0 Å². The smallest absolute Gasteiger partial charge is 0.183 e. The molecule has 11 heavy (non-hydrogen) atoms.